The minimum atomic E-state index is -4.64. The van der Waals surface area contributed by atoms with Gasteiger partial charge in [0.2, 0.25) is 0 Å². The van der Waals surface area contributed by atoms with E-state index in [4.69, 9.17) is 9.47 Å². The first-order chi connectivity index (χ1) is 18.2. The van der Waals surface area contributed by atoms with Crippen molar-refractivity contribution in [3.8, 4) is 23.1 Å². The monoisotopic (exact) mass is 527 g/mol. The number of nitrogens with zero attached hydrogens (tertiary/aromatic N) is 2. The van der Waals surface area contributed by atoms with Crippen LogP contribution in [0.1, 0.15) is 50.6 Å². The number of rotatable bonds is 6. The summed E-state index contributed by atoms with van der Waals surface area (Å²) in [7, 11) is 0. The molecule has 1 amide bonds. The highest BCUT2D eigenvalue weighted by molar-refractivity contribution is 5.96. The summed E-state index contributed by atoms with van der Waals surface area (Å²) in [4.78, 5) is 11.9. The zero-order valence-corrected chi connectivity index (χ0v) is 20.9. The van der Waals surface area contributed by atoms with Gasteiger partial charge < -0.3 is 18.8 Å². The van der Waals surface area contributed by atoms with E-state index in [-0.39, 0.29) is 17.8 Å². The molecule has 1 saturated carbocycles. The van der Waals surface area contributed by atoms with Crippen LogP contribution < -0.4 is 10.1 Å². The lowest BCUT2D eigenvalue weighted by molar-refractivity contribution is -0.196. The van der Waals surface area contributed by atoms with E-state index < -0.39 is 18.4 Å². The van der Waals surface area contributed by atoms with Crippen molar-refractivity contribution in [2.24, 2.45) is 0 Å². The SMILES string of the molecule is CC(OC(=O)Nc1ccc(-c2c(C#N)c3ccc(OC4CCOCC4)cc3n2C2CCC2)cc1)C(F)(F)F. The van der Waals surface area contributed by atoms with Gasteiger partial charge in [0.05, 0.1) is 30.0 Å². The third-order valence-electron chi connectivity index (χ3n) is 7.15. The highest BCUT2D eigenvalue weighted by atomic mass is 19.4. The van der Waals surface area contributed by atoms with Crippen LogP contribution in [0.3, 0.4) is 0 Å². The Bertz CT molecular complexity index is 1350. The molecule has 2 aromatic carbocycles. The molecule has 1 aliphatic heterocycles. The first-order valence-corrected chi connectivity index (χ1v) is 12.7. The van der Waals surface area contributed by atoms with Crippen molar-refractivity contribution in [1.82, 2.24) is 4.57 Å². The second-order valence-electron chi connectivity index (χ2n) is 9.69. The van der Waals surface area contributed by atoms with Crippen molar-refractivity contribution < 1.29 is 32.2 Å². The molecule has 0 spiro atoms. The number of amides is 1. The molecule has 1 aliphatic carbocycles. The van der Waals surface area contributed by atoms with Gasteiger partial charge in [-0.3, -0.25) is 5.32 Å². The summed E-state index contributed by atoms with van der Waals surface area (Å²) in [5, 5.41) is 13.3. The summed E-state index contributed by atoms with van der Waals surface area (Å²) in [6, 6.07) is 15.1. The first kappa shape index (κ1) is 25.9. The molecule has 10 heteroatoms. The lowest BCUT2D eigenvalue weighted by Crippen LogP contribution is -2.32. The number of ether oxygens (including phenoxy) is 3. The number of aromatic nitrogens is 1. The normalized spacial score (nSPS) is 17.4. The Hall–Kier alpha value is -3.71. The van der Waals surface area contributed by atoms with Gasteiger partial charge in [-0.2, -0.15) is 18.4 Å². The molecule has 2 fully saturated rings. The summed E-state index contributed by atoms with van der Waals surface area (Å²) in [6.07, 6.45) is -3.21. The Kier molecular flexibility index (Phi) is 7.21. The van der Waals surface area contributed by atoms with Crippen LogP contribution in [0, 0.1) is 11.3 Å². The number of anilines is 1. The number of halogens is 3. The average Bonchev–Trinajstić information content (AvgIpc) is 3.16. The van der Waals surface area contributed by atoms with Gasteiger partial charge in [-0.1, -0.05) is 12.1 Å². The molecular formula is C28H28F3N3O4. The van der Waals surface area contributed by atoms with Crippen LogP contribution in [0.15, 0.2) is 42.5 Å². The van der Waals surface area contributed by atoms with Crippen LogP contribution in [-0.4, -0.2) is 42.3 Å². The van der Waals surface area contributed by atoms with Crippen molar-refractivity contribution in [2.45, 2.75) is 63.5 Å². The molecule has 38 heavy (non-hydrogen) atoms. The number of nitriles is 1. The van der Waals surface area contributed by atoms with Crippen LogP contribution in [0.5, 0.6) is 5.75 Å². The van der Waals surface area contributed by atoms with E-state index in [1.54, 1.807) is 24.3 Å². The standard InChI is InChI=1S/C28H28F3N3O4/c1-17(28(29,30)31)37-27(35)33-19-7-5-18(6-8-19)26-24(16-32)23-10-9-22(38-21-11-13-36-14-12-21)15-25(23)34(26)20-3-2-4-20/h5-10,15,17,20-21H,2-4,11-14H2,1H3,(H,33,35). The summed E-state index contributed by atoms with van der Waals surface area (Å²) in [5.41, 5.74) is 3.29. The van der Waals surface area contributed by atoms with Gasteiger partial charge in [-0.25, -0.2) is 4.79 Å². The fourth-order valence-electron chi connectivity index (χ4n) is 4.86. The maximum Gasteiger partial charge on any atom is 0.425 e. The van der Waals surface area contributed by atoms with E-state index >= 15 is 0 Å². The zero-order chi connectivity index (χ0) is 26.9. The van der Waals surface area contributed by atoms with Gasteiger partial charge in [0.1, 0.15) is 17.9 Å². The van der Waals surface area contributed by atoms with Crippen LogP contribution in [0.2, 0.25) is 0 Å². The largest absolute Gasteiger partial charge is 0.490 e. The number of carbonyl (C=O) groups excluding carboxylic acids is 1. The van der Waals surface area contributed by atoms with Crippen molar-refractivity contribution in [2.75, 3.05) is 18.5 Å². The summed E-state index contributed by atoms with van der Waals surface area (Å²) in [5.74, 6) is 0.754. The number of hydrogen-bond donors (Lipinski definition) is 1. The number of nitrogens with one attached hydrogen (secondary N) is 1. The van der Waals surface area contributed by atoms with Crippen LogP contribution in [0.25, 0.3) is 22.2 Å². The highest BCUT2D eigenvalue weighted by Crippen LogP contribution is 2.43. The number of fused-ring (bicyclic) bond motifs is 1. The van der Waals surface area contributed by atoms with Gasteiger partial charge in [0.15, 0.2) is 6.10 Å². The van der Waals surface area contributed by atoms with Crippen LogP contribution in [0.4, 0.5) is 23.7 Å². The van der Waals surface area contributed by atoms with E-state index in [9.17, 15) is 23.2 Å². The Morgan fingerprint density at radius 3 is 2.45 bits per heavy atom. The van der Waals surface area contributed by atoms with Crippen molar-refractivity contribution in [3.63, 3.8) is 0 Å². The predicted molar refractivity (Wildman–Crippen MR) is 135 cm³/mol. The molecule has 200 valence electrons. The maximum atomic E-state index is 12.7. The fraction of sp³-hybridized carbons (Fsp3) is 0.429. The summed E-state index contributed by atoms with van der Waals surface area (Å²) in [6.45, 7) is 2.13. The number of alkyl halides is 3. The molecule has 0 radical (unpaired) electrons. The Morgan fingerprint density at radius 2 is 1.84 bits per heavy atom. The predicted octanol–water partition coefficient (Wildman–Crippen LogP) is 6.96. The minimum Gasteiger partial charge on any atom is -0.490 e. The van der Waals surface area contributed by atoms with Crippen LogP contribution >= 0.6 is 0 Å². The van der Waals surface area contributed by atoms with E-state index in [2.05, 4.69) is 20.7 Å². The van der Waals surface area contributed by atoms with Crippen molar-refractivity contribution in [3.05, 3.63) is 48.0 Å². The third-order valence-corrected chi connectivity index (χ3v) is 7.15. The minimum absolute atomic E-state index is 0.0917. The molecule has 7 nitrogen and oxygen atoms in total. The topological polar surface area (TPSA) is 85.5 Å². The second-order valence-corrected chi connectivity index (χ2v) is 9.69. The van der Waals surface area contributed by atoms with Crippen molar-refractivity contribution in [1.29, 1.82) is 5.26 Å². The zero-order valence-electron chi connectivity index (χ0n) is 20.9. The smallest absolute Gasteiger partial charge is 0.425 e. The van der Waals surface area contributed by atoms with Gasteiger partial charge >= 0.3 is 12.3 Å². The van der Waals surface area contributed by atoms with Gasteiger partial charge in [0, 0.05) is 36.0 Å². The van der Waals surface area contributed by atoms with E-state index in [0.29, 0.717) is 18.8 Å². The summed E-state index contributed by atoms with van der Waals surface area (Å²) >= 11 is 0. The lowest BCUT2D eigenvalue weighted by atomic mass is 9.92. The number of benzene rings is 2. The molecule has 5 rings (SSSR count). The molecule has 0 bridgehead atoms. The quantitative estimate of drug-likeness (QED) is 0.375. The highest BCUT2D eigenvalue weighted by Gasteiger charge is 2.39. The van der Waals surface area contributed by atoms with Crippen molar-refractivity contribution >= 4 is 22.7 Å². The Morgan fingerprint density at radius 1 is 1.13 bits per heavy atom. The second kappa shape index (κ2) is 10.6. The Labute approximate surface area is 218 Å². The third kappa shape index (κ3) is 5.29. The van der Waals surface area contributed by atoms with E-state index in [1.807, 2.05) is 18.2 Å². The lowest BCUT2D eigenvalue weighted by Gasteiger charge is -2.30. The summed E-state index contributed by atoms with van der Waals surface area (Å²) < 4.78 is 56.3. The van der Waals surface area contributed by atoms with E-state index in [1.165, 1.54) is 0 Å². The molecule has 1 unspecified atom stereocenters. The molecule has 2 aliphatic rings. The number of carbonyl (C=O) groups is 1. The van der Waals surface area contributed by atoms with Crippen LogP contribution in [-0.2, 0) is 9.47 Å². The van der Waals surface area contributed by atoms with E-state index in [0.717, 1.165) is 66.9 Å². The number of hydrogen-bond acceptors (Lipinski definition) is 5. The maximum absolute atomic E-state index is 12.7. The molecule has 1 saturated heterocycles. The first-order valence-electron chi connectivity index (χ1n) is 12.7. The molecule has 1 atom stereocenters. The fourth-order valence-corrected chi connectivity index (χ4v) is 4.86. The molecule has 3 aromatic rings. The van der Waals surface area contributed by atoms with Gasteiger partial charge in [-0.05, 0) is 56.0 Å². The molecular weight excluding hydrogens is 499 g/mol. The van der Waals surface area contributed by atoms with Gasteiger partial charge in [0.25, 0.3) is 0 Å². The molecule has 1 N–H and O–H groups in total. The Balaban J connectivity index is 1.45. The van der Waals surface area contributed by atoms with Gasteiger partial charge in [-0.15, -0.1) is 0 Å². The molecule has 1 aromatic heterocycles. The average molecular weight is 528 g/mol. The molecule has 2 heterocycles.